The third-order valence-corrected chi connectivity index (χ3v) is 6.33. The molecular formula is C23H20ClN3O4S. The van der Waals surface area contributed by atoms with Crippen molar-refractivity contribution in [2.24, 2.45) is 0 Å². The van der Waals surface area contributed by atoms with Gasteiger partial charge in [-0.15, -0.1) is 0 Å². The average Bonchev–Trinajstić information content (AvgIpc) is 3.21. The van der Waals surface area contributed by atoms with E-state index in [1.54, 1.807) is 18.2 Å². The summed E-state index contributed by atoms with van der Waals surface area (Å²) in [4.78, 5) is 12.5. The Balaban J connectivity index is 1.67. The molecule has 2 aromatic carbocycles. The summed E-state index contributed by atoms with van der Waals surface area (Å²) in [5.74, 6) is -0.00438. The van der Waals surface area contributed by atoms with E-state index in [1.165, 1.54) is 30.3 Å². The van der Waals surface area contributed by atoms with E-state index in [0.717, 1.165) is 11.1 Å². The Bertz CT molecular complexity index is 1320. The Morgan fingerprint density at radius 1 is 1.09 bits per heavy atom. The lowest BCUT2D eigenvalue weighted by Gasteiger charge is -2.07. The van der Waals surface area contributed by atoms with Crippen molar-refractivity contribution in [3.63, 3.8) is 0 Å². The van der Waals surface area contributed by atoms with Crippen molar-refractivity contribution >= 4 is 39.3 Å². The summed E-state index contributed by atoms with van der Waals surface area (Å²) in [5, 5.41) is 12.5. The number of nitriles is 1. The normalized spacial score (nSPS) is 11.8. The molecule has 0 saturated heterocycles. The summed E-state index contributed by atoms with van der Waals surface area (Å²) in [6.07, 6.45) is 1.30. The molecule has 0 saturated carbocycles. The summed E-state index contributed by atoms with van der Waals surface area (Å²) in [5.41, 5.74) is 2.54. The highest BCUT2D eigenvalue weighted by Crippen LogP contribution is 2.18. The molecule has 0 bridgehead atoms. The van der Waals surface area contributed by atoms with Crippen LogP contribution in [0.25, 0.3) is 6.08 Å². The maximum absolute atomic E-state index is 12.4. The molecule has 32 heavy (non-hydrogen) atoms. The van der Waals surface area contributed by atoms with Crippen molar-refractivity contribution in [1.29, 1.82) is 5.26 Å². The summed E-state index contributed by atoms with van der Waals surface area (Å²) < 4.78 is 32.7. The summed E-state index contributed by atoms with van der Waals surface area (Å²) in [7, 11) is -3.75. The number of carbonyl (C=O) groups is 1. The number of carbonyl (C=O) groups excluding carboxylic acids is 1. The molecule has 3 rings (SSSR count). The standard InChI is InChI=1S/C23H20ClN3O4S/c1-15-3-6-19(11-16(15)2)27-23(28)17(13-25)12-20-7-8-21(31-20)14-26-32(29,30)22-9-4-18(24)5-10-22/h3-12,26H,14H2,1-2H3,(H,27,28)/b17-12-. The van der Waals surface area contributed by atoms with Crippen LogP contribution in [0.2, 0.25) is 5.02 Å². The lowest BCUT2D eigenvalue weighted by atomic mass is 10.1. The molecule has 1 amide bonds. The number of sulfonamides is 1. The van der Waals surface area contributed by atoms with Crippen molar-refractivity contribution in [1.82, 2.24) is 4.72 Å². The fraction of sp³-hybridized carbons (Fsp3) is 0.130. The molecule has 0 aliphatic heterocycles. The molecule has 9 heteroatoms. The maximum atomic E-state index is 12.4. The van der Waals surface area contributed by atoms with Gasteiger partial charge in [-0.1, -0.05) is 17.7 Å². The molecule has 0 aliphatic rings. The molecule has 164 valence electrons. The second kappa shape index (κ2) is 9.83. The number of amides is 1. The van der Waals surface area contributed by atoms with Gasteiger partial charge in [0.25, 0.3) is 5.91 Å². The number of hydrogen-bond donors (Lipinski definition) is 2. The Morgan fingerprint density at radius 3 is 2.47 bits per heavy atom. The Kier molecular flexibility index (Phi) is 7.15. The van der Waals surface area contributed by atoms with E-state index in [0.29, 0.717) is 16.5 Å². The van der Waals surface area contributed by atoms with E-state index < -0.39 is 15.9 Å². The molecule has 2 N–H and O–H groups in total. The fourth-order valence-corrected chi connectivity index (χ4v) is 3.86. The molecule has 0 atom stereocenters. The largest absolute Gasteiger partial charge is 0.460 e. The maximum Gasteiger partial charge on any atom is 0.266 e. The smallest absolute Gasteiger partial charge is 0.266 e. The van der Waals surface area contributed by atoms with Gasteiger partial charge in [-0.2, -0.15) is 5.26 Å². The minimum absolute atomic E-state index is 0.0726. The fourth-order valence-electron chi connectivity index (χ4n) is 2.74. The van der Waals surface area contributed by atoms with Crippen molar-refractivity contribution in [2.75, 3.05) is 5.32 Å². The van der Waals surface area contributed by atoms with E-state index in [9.17, 15) is 18.5 Å². The Morgan fingerprint density at radius 2 is 1.81 bits per heavy atom. The molecule has 1 heterocycles. The molecular weight excluding hydrogens is 450 g/mol. The zero-order valence-electron chi connectivity index (χ0n) is 17.3. The van der Waals surface area contributed by atoms with E-state index in [1.807, 2.05) is 32.0 Å². The van der Waals surface area contributed by atoms with Gasteiger partial charge >= 0.3 is 0 Å². The highest BCUT2D eigenvalue weighted by Gasteiger charge is 2.15. The number of anilines is 1. The lowest BCUT2D eigenvalue weighted by molar-refractivity contribution is -0.112. The van der Waals surface area contributed by atoms with Crippen molar-refractivity contribution in [3.8, 4) is 6.07 Å². The number of halogens is 1. The third-order valence-electron chi connectivity index (χ3n) is 4.66. The van der Waals surface area contributed by atoms with Gasteiger partial charge in [0.2, 0.25) is 10.0 Å². The van der Waals surface area contributed by atoms with Crippen LogP contribution in [0.5, 0.6) is 0 Å². The topological polar surface area (TPSA) is 112 Å². The van der Waals surface area contributed by atoms with Crippen LogP contribution in [0.1, 0.15) is 22.6 Å². The summed E-state index contributed by atoms with van der Waals surface area (Å²) in [6.45, 7) is 3.79. The quantitative estimate of drug-likeness (QED) is 0.388. The highest BCUT2D eigenvalue weighted by molar-refractivity contribution is 7.89. The van der Waals surface area contributed by atoms with Gasteiger partial charge in [0.15, 0.2) is 0 Å². The number of nitrogens with zero attached hydrogens (tertiary/aromatic N) is 1. The summed E-state index contributed by atoms with van der Waals surface area (Å²) in [6, 6.07) is 16.2. The zero-order valence-corrected chi connectivity index (χ0v) is 18.9. The minimum Gasteiger partial charge on any atom is -0.460 e. The first-order valence-electron chi connectivity index (χ1n) is 9.52. The average molecular weight is 470 g/mol. The lowest BCUT2D eigenvalue weighted by Crippen LogP contribution is -2.22. The van der Waals surface area contributed by atoms with Crippen LogP contribution in [-0.2, 0) is 21.4 Å². The minimum atomic E-state index is -3.75. The molecule has 3 aromatic rings. The molecule has 0 fully saturated rings. The molecule has 0 unspecified atom stereocenters. The SMILES string of the molecule is Cc1ccc(NC(=O)/C(C#N)=C\c2ccc(CNS(=O)(=O)c3ccc(Cl)cc3)o2)cc1C. The van der Waals surface area contributed by atoms with Crippen LogP contribution in [0.15, 0.2) is 69.5 Å². The molecule has 1 aromatic heterocycles. The van der Waals surface area contributed by atoms with E-state index >= 15 is 0 Å². The van der Waals surface area contributed by atoms with Gasteiger partial charge < -0.3 is 9.73 Å². The number of hydrogen-bond acceptors (Lipinski definition) is 5. The predicted octanol–water partition coefficient (Wildman–Crippen LogP) is 4.57. The molecule has 0 radical (unpaired) electrons. The van der Waals surface area contributed by atoms with Crippen LogP contribution in [0, 0.1) is 25.2 Å². The first kappa shape index (κ1) is 23.3. The molecule has 0 spiro atoms. The number of nitrogens with one attached hydrogen (secondary N) is 2. The van der Waals surface area contributed by atoms with Crippen molar-refractivity contribution in [3.05, 3.63) is 87.8 Å². The number of furan rings is 1. The van der Waals surface area contributed by atoms with E-state index in [2.05, 4.69) is 10.0 Å². The summed E-state index contributed by atoms with van der Waals surface area (Å²) >= 11 is 5.78. The van der Waals surface area contributed by atoms with Gasteiger partial charge in [0.1, 0.15) is 23.2 Å². The van der Waals surface area contributed by atoms with Crippen LogP contribution < -0.4 is 10.0 Å². The van der Waals surface area contributed by atoms with Crippen LogP contribution in [0.4, 0.5) is 5.69 Å². The first-order chi connectivity index (χ1) is 15.2. The van der Waals surface area contributed by atoms with Gasteiger partial charge in [0.05, 0.1) is 11.4 Å². The predicted molar refractivity (Wildman–Crippen MR) is 122 cm³/mol. The van der Waals surface area contributed by atoms with Gasteiger partial charge in [-0.05, 0) is 73.5 Å². The van der Waals surface area contributed by atoms with Gasteiger partial charge in [-0.25, -0.2) is 13.1 Å². The number of aryl methyl sites for hydroxylation is 2. The number of rotatable bonds is 7. The van der Waals surface area contributed by atoms with E-state index in [4.69, 9.17) is 16.0 Å². The first-order valence-corrected chi connectivity index (χ1v) is 11.4. The monoisotopic (exact) mass is 469 g/mol. The highest BCUT2D eigenvalue weighted by atomic mass is 35.5. The Labute approximate surface area is 191 Å². The van der Waals surface area contributed by atoms with Crippen molar-refractivity contribution < 1.29 is 17.6 Å². The van der Waals surface area contributed by atoms with Crippen molar-refractivity contribution in [2.45, 2.75) is 25.3 Å². The second-order valence-corrected chi connectivity index (χ2v) is 9.21. The van der Waals surface area contributed by atoms with Gasteiger partial charge in [0, 0.05) is 16.8 Å². The van der Waals surface area contributed by atoms with Crippen LogP contribution in [-0.4, -0.2) is 14.3 Å². The molecule has 0 aliphatic carbocycles. The zero-order chi connectivity index (χ0) is 23.3. The third kappa shape index (κ3) is 5.86. The van der Waals surface area contributed by atoms with Gasteiger partial charge in [-0.3, -0.25) is 4.79 Å². The number of benzene rings is 2. The van der Waals surface area contributed by atoms with Crippen LogP contribution >= 0.6 is 11.6 Å². The molecule has 7 nitrogen and oxygen atoms in total. The second-order valence-electron chi connectivity index (χ2n) is 7.01. The Hall–Kier alpha value is -3.38. The van der Waals surface area contributed by atoms with Crippen LogP contribution in [0.3, 0.4) is 0 Å². The van der Waals surface area contributed by atoms with E-state index in [-0.39, 0.29) is 22.8 Å².